The second kappa shape index (κ2) is 5.44. The molecule has 2 aromatic rings. The second-order valence-electron chi connectivity index (χ2n) is 6.41. The Bertz CT molecular complexity index is 944. The largest absolute Gasteiger partial charge is 0.337 e. The summed E-state index contributed by atoms with van der Waals surface area (Å²) >= 11 is 6.15. The van der Waals surface area contributed by atoms with Gasteiger partial charge in [-0.05, 0) is 30.0 Å². The van der Waals surface area contributed by atoms with E-state index in [0.29, 0.717) is 18.1 Å². The van der Waals surface area contributed by atoms with Crippen LogP contribution in [0.25, 0.3) is 10.8 Å². The van der Waals surface area contributed by atoms with Gasteiger partial charge in [-0.25, -0.2) is 8.42 Å². The first kappa shape index (κ1) is 15.9. The lowest BCUT2D eigenvalue weighted by atomic mass is 10.1. The van der Waals surface area contributed by atoms with Crippen LogP contribution in [-0.2, 0) is 14.8 Å². The van der Waals surface area contributed by atoms with E-state index in [1.165, 1.54) is 6.92 Å². The number of hydrogen-bond donors (Lipinski definition) is 0. The lowest BCUT2D eigenvalue weighted by molar-refractivity contribution is -0.130. The molecule has 0 aromatic heterocycles. The number of halogens is 1. The number of carbonyl (C=O) groups excluding carboxylic acids is 1. The molecular formula is C17H17ClN2O3S. The molecule has 0 spiro atoms. The van der Waals surface area contributed by atoms with Crippen LogP contribution in [0.15, 0.2) is 41.3 Å². The summed E-state index contributed by atoms with van der Waals surface area (Å²) in [5, 5.41) is 2.25. The van der Waals surface area contributed by atoms with Gasteiger partial charge in [0.15, 0.2) is 0 Å². The molecule has 2 bridgehead atoms. The predicted octanol–water partition coefficient (Wildman–Crippen LogP) is 2.49. The van der Waals surface area contributed by atoms with Crippen LogP contribution in [0, 0.1) is 0 Å². The van der Waals surface area contributed by atoms with E-state index >= 15 is 0 Å². The van der Waals surface area contributed by atoms with Gasteiger partial charge >= 0.3 is 0 Å². The molecule has 24 heavy (non-hydrogen) atoms. The Kier molecular flexibility index (Phi) is 3.60. The zero-order chi connectivity index (χ0) is 17.1. The van der Waals surface area contributed by atoms with Crippen molar-refractivity contribution in [3.05, 3.63) is 41.4 Å². The normalized spacial score (nSPS) is 24.0. The molecule has 5 nitrogen and oxygen atoms in total. The van der Waals surface area contributed by atoms with Crippen LogP contribution in [0.4, 0.5) is 0 Å². The van der Waals surface area contributed by atoms with Gasteiger partial charge in [0, 0.05) is 42.5 Å². The van der Waals surface area contributed by atoms with Crippen molar-refractivity contribution in [1.82, 2.24) is 9.21 Å². The summed E-state index contributed by atoms with van der Waals surface area (Å²) in [6, 6.07) is 10.4. The number of hydrogen-bond acceptors (Lipinski definition) is 3. The van der Waals surface area contributed by atoms with Crippen molar-refractivity contribution in [3.63, 3.8) is 0 Å². The molecule has 2 aromatic carbocycles. The van der Waals surface area contributed by atoms with E-state index in [1.807, 2.05) is 12.1 Å². The fourth-order valence-electron chi connectivity index (χ4n) is 3.83. The van der Waals surface area contributed by atoms with Gasteiger partial charge < -0.3 is 4.90 Å². The number of nitrogens with zero attached hydrogens (tertiary/aromatic N) is 2. The molecule has 2 fully saturated rings. The monoisotopic (exact) mass is 364 g/mol. The number of fused-ring (bicyclic) bond motifs is 3. The van der Waals surface area contributed by atoms with Crippen LogP contribution < -0.4 is 0 Å². The van der Waals surface area contributed by atoms with Crippen molar-refractivity contribution < 1.29 is 13.2 Å². The van der Waals surface area contributed by atoms with Gasteiger partial charge in [0.2, 0.25) is 15.9 Å². The minimum atomic E-state index is -3.57. The molecule has 1 amide bonds. The standard InChI is InChI=1S/C17H17ClN2O3S/c1-11(21)19-9-14-8-13(19)10-20(14)24(22,23)15-5-6-16-12(7-15)3-2-4-17(16)18/h2-7,13-14H,8-10H2,1H3. The average Bonchev–Trinajstić information content (AvgIpc) is 3.15. The molecule has 0 N–H and O–H groups in total. The smallest absolute Gasteiger partial charge is 0.243 e. The number of sulfonamides is 1. The van der Waals surface area contributed by atoms with E-state index in [4.69, 9.17) is 11.6 Å². The quantitative estimate of drug-likeness (QED) is 0.822. The summed E-state index contributed by atoms with van der Waals surface area (Å²) in [7, 11) is -3.57. The predicted molar refractivity (Wildman–Crippen MR) is 92.4 cm³/mol. The fourth-order valence-corrected chi connectivity index (χ4v) is 5.77. The van der Waals surface area contributed by atoms with Crippen molar-refractivity contribution >= 4 is 38.3 Å². The average molecular weight is 365 g/mol. The molecule has 2 saturated heterocycles. The maximum Gasteiger partial charge on any atom is 0.243 e. The third-order valence-corrected chi connectivity index (χ3v) is 7.24. The van der Waals surface area contributed by atoms with Gasteiger partial charge in [-0.15, -0.1) is 0 Å². The second-order valence-corrected chi connectivity index (χ2v) is 8.71. The summed E-state index contributed by atoms with van der Waals surface area (Å²) in [6.45, 7) is 2.39. The lowest BCUT2D eigenvalue weighted by Crippen LogP contribution is -2.49. The topological polar surface area (TPSA) is 57.7 Å². The first-order valence-corrected chi connectivity index (χ1v) is 9.67. The highest BCUT2D eigenvalue weighted by Gasteiger charge is 2.49. The fraction of sp³-hybridized carbons (Fsp3) is 0.353. The SMILES string of the molecule is CC(=O)N1CC2CC1CN2S(=O)(=O)c1ccc2c(Cl)cccc2c1. The Hall–Kier alpha value is -1.63. The highest BCUT2D eigenvalue weighted by atomic mass is 35.5. The highest BCUT2D eigenvalue weighted by Crippen LogP contribution is 2.36. The van der Waals surface area contributed by atoms with Crippen molar-refractivity contribution in [2.75, 3.05) is 13.1 Å². The summed E-state index contributed by atoms with van der Waals surface area (Å²) < 4.78 is 27.6. The molecule has 2 heterocycles. The summed E-state index contributed by atoms with van der Waals surface area (Å²) in [6.07, 6.45) is 0.720. The minimum Gasteiger partial charge on any atom is -0.337 e. The maximum absolute atomic E-state index is 13.0. The molecule has 0 aliphatic carbocycles. The molecule has 126 valence electrons. The first-order valence-electron chi connectivity index (χ1n) is 7.85. The van der Waals surface area contributed by atoms with Gasteiger partial charge in [0.25, 0.3) is 0 Å². The molecule has 2 aliphatic heterocycles. The van der Waals surface area contributed by atoms with Gasteiger partial charge in [0.1, 0.15) is 0 Å². The zero-order valence-corrected chi connectivity index (χ0v) is 14.7. The lowest BCUT2D eigenvalue weighted by Gasteiger charge is -2.33. The number of rotatable bonds is 2. The highest BCUT2D eigenvalue weighted by molar-refractivity contribution is 7.89. The molecule has 2 aliphatic rings. The first-order chi connectivity index (χ1) is 11.4. The summed E-state index contributed by atoms with van der Waals surface area (Å²) in [5.41, 5.74) is 0. The Morgan fingerprint density at radius 3 is 2.62 bits per heavy atom. The van der Waals surface area contributed by atoms with Crippen LogP contribution in [-0.4, -0.2) is 48.7 Å². The molecule has 2 atom stereocenters. The number of likely N-dealkylation sites (tertiary alicyclic amines) is 1. The van der Waals surface area contributed by atoms with Crippen molar-refractivity contribution in [1.29, 1.82) is 0 Å². The van der Waals surface area contributed by atoms with Crippen molar-refractivity contribution in [3.8, 4) is 0 Å². The molecule has 2 unspecified atom stereocenters. The van der Waals surface area contributed by atoms with E-state index in [9.17, 15) is 13.2 Å². The number of carbonyl (C=O) groups is 1. The molecular weight excluding hydrogens is 348 g/mol. The van der Waals surface area contributed by atoms with E-state index in [0.717, 1.165) is 17.2 Å². The van der Waals surface area contributed by atoms with E-state index in [2.05, 4.69) is 0 Å². The van der Waals surface area contributed by atoms with Gasteiger partial charge in [-0.1, -0.05) is 29.8 Å². The molecule has 4 rings (SSSR count). The van der Waals surface area contributed by atoms with Crippen LogP contribution in [0.5, 0.6) is 0 Å². The molecule has 0 saturated carbocycles. The van der Waals surface area contributed by atoms with E-state index in [-0.39, 0.29) is 22.9 Å². The van der Waals surface area contributed by atoms with Gasteiger partial charge in [-0.2, -0.15) is 4.31 Å². The van der Waals surface area contributed by atoms with Crippen molar-refractivity contribution in [2.24, 2.45) is 0 Å². The number of amides is 1. The third kappa shape index (κ3) is 2.32. The minimum absolute atomic E-state index is 0.00261. The van der Waals surface area contributed by atoms with Crippen LogP contribution >= 0.6 is 11.6 Å². The molecule has 0 radical (unpaired) electrons. The Labute approximate surface area is 145 Å². The summed E-state index contributed by atoms with van der Waals surface area (Å²) in [5.74, 6) is 0.0138. The maximum atomic E-state index is 13.0. The van der Waals surface area contributed by atoms with E-state index < -0.39 is 10.0 Å². The number of benzene rings is 2. The Morgan fingerprint density at radius 2 is 1.96 bits per heavy atom. The third-order valence-electron chi connectivity index (χ3n) is 5.00. The Morgan fingerprint density at radius 1 is 1.17 bits per heavy atom. The zero-order valence-electron chi connectivity index (χ0n) is 13.1. The van der Waals surface area contributed by atoms with Crippen LogP contribution in [0.1, 0.15) is 13.3 Å². The molecule has 7 heteroatoms. The Balaban J connectivity index is 1.68. The summed E-state index contributed by atoms with van der Waals surface area (Å²) in [4.78, 5) is 13.6. The number of piperazine rings is 1. The van der Waals surface area contributed by atoms with Crippen molar-refractivity contribution in [2.45, 2.75) is 30.3 Å². The van der Waals surface area contributed by atoms with Crippen LogP contribution in [0.2, 0.25) is 5.02 Å². The van der Waals surface area contributed by atoms with Gasteiger partial charge in [-0.3, -0.25) is 4.79 Å². The van der Waals surface area contributed by atoms with E-state index in [1.54, 1.807) is 33.5 Å². The van der Waals surface area contributed by atoms with Crippen LogP contribution in [0.3, 0.4) is 0 Å². The van der Waals surface area contributed by atoms with Gasteiger partial charge in [0.05, 0.1) is 4.90 Å².